The molecule has 1 atom stereocenters. The van der Waals surface area contributed by atoms with Crippen LogP contribution in [-0.4, -0.2) is 35.6 Å². The summed E-state index contributed by atoms with van der Waals surface area (Å²) in [7, 11) is 4.16. The van der Waals surface area contributed by atoms with Crippen LogP contribution in [0, 0.1) is 0 Å². The maximum atomic E-state index is 5.80. The third-order valence-corrected chi connectivity index (χ3v) is 4.37. The molecule has 4 nitrogen and oxygen atoms in total. The molecule has 0 amide bonds. The van der Waals surface area contributed by atoms with Crippen LogP contribution >= 0.6 is 0 Å². The van der Waals surface area contributed by atoms with Crippen molar-refractivity contribution in [1.29, 1.82) is 0 Å². The Morgan fingerprint density at radius 3 is 2.60 bits per heavy atom. The molecule has 20 heavy (non-hydrogen) atoms. The van der Waals surface area contributed by atoms with Crippen molar-refractivity contribution in [1.82, 2.24) is 15.3 Å². The molecule has 0 aliphatic carbocycles. The number of para-hydroxylation sites is 1. The average molecular weight is 272 g/mol. The Kier molecular flexibility index (Phi) is 4.38. The van der Waals surface area contributed by atoms with Gasteiger partial charge in [0.2, 0.25) is 0 Å². The zero-order valence-corrected chi connectivity index (χ0v) is 12.7. The van der Waals surface area contributed by atoms with Crippen LogP contribution in [0.15, 0.2) is 36.5 Å². The molecule has 108 valence electrons. The first kappa shape index (κ1) is 14.9. The van der Waals surface area contributed by atoms with Crippen molar-refractivity contribution >= 4 is 10.9 Å². The second kappa shape index (κ2) is 5.87. The number of nitrogens with zero attached hydrogens (tertiary/aromatic N) is 2. The van der Waals surface area contributed by atoms with Gasteiger partial charge in [0, 0.05) is 23.2 Å². The van der Waals surface area contributed by atoms with Crippen molar-refractivity contribution < 1.29 is 0 Å². The van der Waals surface area contributed by atoms with E-state index in [1.165, 1.54) is 10.9 Å². The number of likely N-dealkylation sites (N-methyl/N-ethyl adjacent to an activating group) is 1. The van der Waals surface area contributed by atoms with E-state index in [9.17, 15) is 0 Å². The second-order valence-corrected chi connectivity index (χ2v) is 5.96. The Bertz CT molecular complexity index is 572. The summed E-state index contributed by atoms with van der Waals surface area (Å²) in [6, 6.07) is 10.5. The first-order valence-electron chi connectivity index (χ1n) is 6.93. The highest BCUT2D eigenvalue weighted by molar-refractivity contribution is 5.81. The van der Waals surface area contributed by atoms with Gasteiger partial charge in [-0.05, 0) is 52.1 Å². The number of rotatable bonds is 5. The Morgan fingerprint density at radius 1 is 1.25 bits per heavy atom. The topological polar surface area (TPSA) is 54.2 Å². The molecular formula is C16H24N4. The molecule has 3 N–H and O–H groups in total. The normalized spacial score (nSPS) is 13.9. The molecule has 0 aliphatic heterocycles. The van der Waals surface area contributed by atoms with E-state index in [1.54, 1.807) is 0 Å². The lowest BCUT2D eigenvalue weighted by atomic mass is 9.88. The van der Waals surface area contributed by atoms with Gasteiger partial charge in [0.1, 0.15) is 0 Å². The number of hydrogen-bond acceptors (Lipinski definition) is 4. The highest BCUT2D eigenvalue weighted by Gasteiger charge is 2.31. The molecule has 2 aromatic rings. The number of aromatic nitrogens is 1. The summed E-state index contributed by atoms with van der Waals surface area (Å²) in [6.07, 6.45) is 2.73. The molecule has 1 heterocycles. The van der Waals surface area contributed by atoms with Crippen LogP contribution in [0.2, 0.25) is 0 Å². The number of benzene rings is 1. The van der Waals surface area contributed by atoms with Gasteiger partial charge in [-0.1, -0.05) is 18.2 Å². The summed E-state index contributed by atoms with van der Waals surface area (Å²) >= 11 is 0. The average Bonchev–Trinajstić information content (AvgIpc) is 2.44. The summed E-state index contributed by atoms with van der Waals surface area (Å²) in [5.74, 6) is 5.80. The number of pyridine rings is 1. The fraction of sp³-hybridized carbons (Fsp3) is 0.438. The number of nitrogens with two attached hydrogens (primary N) is 1. The van der Waals surface area contributed by atoms with Crippen LogP contribution < -0.4 is 11.3 Å². The van der Waals surface area contributed by atoms with E-state index < -0.39 is 0 Å². The van der Waals surface area contributed by atoms with E-state index in [-0.39, 0.29) is 11.6 Å². The van der Waals surface area contributed by atoms with Crippen molar-refractivity contribution in [2.24, 2.45) is 5.84 Å². The van der Waals surface area contributed by atoms with Crippen LogP contribution in [0.1, 0.15) is 19.4 Å². The molecule has 0 saturated heterocycles. The molecule has 1 unspecified atom stereocenters. The Labute approximate surface area is 121 Å². The molecule has 0 saturated carbocycles. The van der Waals surface area contributed by atoms with Gasteiger partial charge in [0.25, 0.3) is 0 Å². The van der Waals surface area contributed by atoms with Gasteiger partial charge in [0.05, 0.1) is 5.52 Å². The van der Waals surface area contributed by atoms with Gasteiger partial charge in [-0.2, -0.15) is 0 Å². The largest absolute Gasteiger partial charge is 0.303 e. The van der Waals surface area contributed by atoms with E-state index in [4.69, 9.17) is 5.84 Å². The molecule has 0 spiro atoms. The molecule has 0 radical (unpaired) electrons. The standard InChI is InChI=1S/C16H24N4/c1-16(2,20(3)4)15(19-17)11-12-9-10-18-14-8-6-5-7-13(12)14/h5-10,15,19H,11,17H2,1-4H3. The zero-order valence-electron chi connectivity index (χ0n) is 12.7. The summed E-state index contributed by atoms with van der Waals surface area (Å²) in [5.41, 5.74) is 5.23. The molecule has 0 aliphatic rings. The predicted molar refractivity (Wildman–Crippen MR) is 84.3 cm³/mol. The molecule has 1 aromatic carbocycles. The highest BCUT2D eigenvalue weighted by atomic mass is 15.3. The van der Waals surface area contributed by atoms with Crippen LogP contribution in [0.25, 0.3) is 10.9 Å². The molecule has 2 rings (SSSR count). The Hall–Kier alpha value is -1.49. The summed E-state index contributed by atoms with van der Waals surface area (Å²) in [6.45, 7) is 4.39. The third kappa shape index (κ3) is 2.82. The Balaban J connectivity index is 2.35. The molecule has 1 aromatic heterocycles. The highest BCUT2D eigenvalue weighted by Crippen LogP contribution is 2.23. The number of hydrazine groups is 1. The smallest absolute Gasteiger partial charge is 0.0704 e. The van der Waals surface area contributed by atoms with Crippen LogP contribution in [0.4, 0.5) is 0 Å². The molecule has 0 fully saturated rings. The van der Waals surface area contributed by atoms with Crippen LogP contribution in [0.5, 0.6) is 0 Å². The van der Waals surface area contributed by atoms with Crippen molar-refractivity contribution in [3.05, 3.63) is 42.1 Å². The number of hydrogen-bond donors (Lipinski definition) is 2. The van der Waals surface area contributed by atoms with E-state index >= 15 is 0 Å². The number of fused-ring (bicyclic) bond motifs is 1. The summed E-state index contributed by atoms with van der Waals surface area (Å²) in [5, 5.41) is 1.20. The fourth-order valence-electron chi connectivity index (χ4n) is 2.38. The van der Waals surface area contributed by atoms with Crippen molar-refractivity contribution in [3.8, 4) is 0 Å². The van der Waals surface area contributed by atoms with Crippen LogP contribution in [0.3, 0.4) is 0 Å². The van der Waals surface area contributed by atoms with Gasteiger partial charge in [0.15, 0.2) is 0 Å². The van der Waals surface area contributed by atoms with Crippen molar-refractivity contribution in [2.75, 3.05) is 14.1 Å². The van der Waals surface area contributed by atoms with Gasteiger partial charge in [-0.15, -0.1) is 0 Å². The van der Waals surface area contributed by atoms with E-state index in [0.717, 1.165) is 11.9 Å². The second-order valence-electron chi connectivity index (χ2n) is 5.96. The van der Waals surface area contributed by atoms with Crippen LogP contribution in [-0.2, 0) is 6.42 Å². The van der Waals surface area contributed by atoms with Gasteiger partial charge in [-0.25, -0.2) is 0 Å². The lowest BCUT2D eigenvalue weighted by Gasteiger charge is -2.40. The SMILES string of the molecule is CN(C)C(C)(C)C(Cc1ccnc2ccccc12)NN. The molecule has 4 heteroatoms. The van der Waals surface area contributed by atoms with Crippen molar-refractivity contribution in [2.45, 2.75) is 31.8 Å². The van der Waals surface area contributed by atoms with E-state index in [0.29, 0.717) is 0 Å². The van der Waals surface area contributed by atoms with Crippen molar-refractivity contribution in [3.63, 3.8) is 0 Å². The van der Waals surface area contributed by atoms with Gasteiger partial charge in [-0.3, -0.25) is 16.3 Å². The maximum Gasteiger partial charge on any atom is 0.0704 e. The monoisotopic (exact) mass is 272 g/mol. The predicted octanol–water partition coefficient (Wildman–Crippen LogP) is 1.95. The Morgan fingerprint density at radius 2 is 1.95 bits per heavy atom. The summed E-state index contributed by atoms with van der Waals surface area (Å²) in [4.78, 5) is 6.61. The molecule has 0 bridgehead atoms. The van der Waals surface area contributed by atoms with Gasteiger partial charge < -0.3 is 4.90 Å². The lowest BCUT2D eigenvalue weighted by Crippen LogP contribution is -2.58. The maximum absolute atomic E-state index is 5.80. The first-order valence-corrected chi connectivity index (χ1v) is 6.93. The molecular weight excluding hydrogens is 248 g/mol. The number of nitrogens with one attached hydrogen (secondary N) is 1. The minimum Gasteiger partial charge on any atom is -0.303 e. The van der Waals surface area contributed by atoms with Gasteiger partial charge >= 0.3 is 0 Å². The third-order valence-electron chi connectivity index (χ3n) is 4.37. The lowest BCUT2D eigenvalue weighted by molar-refractivity contribution is 0.137. The zero-order chi connectivity index (χ0) is 14.8. The van der Waals surface area contributed by atoms with E-state index in [2.05, 4.69) is 61.5 Å². The van der Waals surface area contributed by atoms with E-state index in [1.807, 2.05) is 18.3 Å². The summed E-state index contributed by atoms with van der Waals surface area (Å²) < 4.78 is 0. The fourth-order valence-corrected chi connectivity index (χ4v) is 2.38. The quantitative estimate of drug-likeness (QED) is 0.645. The minimum absolute atomic E-state index is 0.0425. The minimum atomic E-state index is -0.0425. The first-order chi connectivity index (χ1) is 9.46.